The molecule has 0 saturated carbocycles. The number of fused-ring (bicyclic) bond motifs is 2. The maximum absolute atomic E-state index is 12.4. The van der Waals surface area contributed by atoms with Gasteiger partial charge in [0.15, 0.2) is 11.5 Å². The molecule has 0 atom stereocenters. The summed E-state index contributed by atoms with van der Waals surface area (Å²) in [5, 5.41) is 11.8. The summed E-state index contributed by atoms with van der Waals surface area (Å²) in [6.07, 6.45) is 6.17. The molecule has 1 saturated heterocycles. The minimum absolute atomic E-state index is 0.173. The smallest absolute Gasteiger partial charge is 0.410 e. The lowest BCUT2D eigenvalue weighted by molar-refractivity contribution is 0.00830. The fourth-order valence-corrected chi connectivity index (χ4v) is 4.41. The predicted octanol–water partition coefficient (Wildman–Crippen LogP) is 4.35. The number of amides is 1. The zero-order valence-corrected chi connectivity index (χ0v) is 21.5. The molecule has 5 aromatic rings. The second-order valence-electron chi connectivity index (χ2n) is 10.3. The number of benzene rings is 1. The molecule has 0 radical (unpaired) electrons. The first-order valence-electron chi connectivity index (χ1n) is 12.2. The number of rotatable bonds is 5. The normalized spacial score (nSPS) is 14.1. The van der Waals surface area contributed by atoms with Gasteiger partial charge in [0.05, 0.1) is 0 Å². The summed E-state index contributed by atoms with van der Waals surface area (Å²) >= 11 is 0. The Morgan fingerprint density at radius 2 is 1.82 bits per heavy atom. The number of carbonyl (C=O) groups is 1. The van der Waals surface area contributed by atoms with Gasteiger partial charge < -0.3 is 19.7 Å². The Balaban J connectivity index is 1.19. The Morgan fingerprint density at radius 3 is 2.61 bits per heavy atom. The lowest BCUT2D eigenvalue weighted by Crippen LogP contribution is -2.50. The monoisotopic (exact) mass is 513 g/mol. The summed E-state index contributed by atoms with van der Waals surface area (Å²) in [6.45, 7) is 8.75. The van der Waals surface area contributed by atoms with E-state index in [0.29, 0.717) is 36.2 Å². The highest BCUT2D eigenvalue weighted by Crippen LogP contribution is 2.35. The molecule has 1 aromatic carbocycles. The van der Waals surface area contributed by atoms with Crippen molar-refractivity contribution in [3.8, 4) is 11.6 Å². The topological polar surface area (TPSA) is 124 Å². The Labute approximate surface area is 218 Å². The number of nitrogens with one attached hydrogen (secondary N) is 1. The summed E-state index contributed by atoms with van der Waals surface area (Å²) in [6, 6.07) is 9.56. The molecule has 0 spiro atoms. The SMILES string of the molecule is Cc1cc(Nc2ncnn3ccc(C4CN(C(=O)OC(C)(C)C)C4)c23)ccc1Oc1cc2ncnn2cn1. The van der Waals surface area contributed by atoms with Gasteiger partial charge in [0.25, 0.3) is 0 Å². The van der Waals surface area contributed by atoms with E-state index in [1.807, 2.05) is 58.2 Å². The summed E-state index contributed by atoms with van der Waals surface area (Å²) in [5.74, 6) is 1.97. The van der Waals surface area contributed by atoms with E-state index >= 15 is 0 Å². The quantitative estimate of drug-likeness (QED) is 0.365. The minimum atomic E-state index is -0.518. The van der Waals surface area contributed by atoms with Gasteiger partial charge in [0.2, 0.25) is 5.88 Å². The first-order chi connectivity index (χ1) is 18.2. The van der Waals surface area contributed by atoms with Gasteiger partial charge in [0, 0.05) is 37.0 Å². The largest absolute Gasteiger partial charge is 0.444 e. The van der Waals surface area contributed by atoms with Crippen LogP contribution in [0.5, 0.6) is 11.6 Å². The van der Waals surface area contributed by atoms with Gasteiger partial charge in [-0.2, -0.15) is 10.2 Å². The molecule has 0 bridgehead atoms. The van der Waals surface area contributed by atoms with E-state index in [-0.39, 0.29) is 12.0 Å². The molecule has 38 heavy (non-hydrogen) atoms. The highest BCUT2D eigenvalue weighted by atomic mass is 16.6. The van der Waals surface area contributed by atoms with Crippen molar-refractivity contribution in [1.29, 1.82) is 0 Å². The third-order valence-electron chi connectivity index (χ3n) is 6.26. The minimum Gasteiger partial charge on any atom is -0.444 e. The first kappa shape index (κ1) is 23.6. The number of hydrogen-bond donors (Lipinski definition) is 1. The molecule has 1 fully saturated rings. The fraction of sp³-hybridized carbons (Fsp3) is 0.308. The molecule has 6 rings (SSSR count). The van der Waals surface area contributed by atoms with Crippen LogP contribution in [-0.2, 0) is 4.74 Å². The van der Waals surface area contributed by atoms with Gasteiger partial charge in [-0.25, -0.2) is 28.8 Å². The van der Waals surface area contributed by atoms with Gasteiger partial charge in [-0.05, 0) is 63.1 Å². The molecule has 5 heterocycles. The maximum atomic E-state index is 12.4. The van der Waals surface area contributed by atoms with Crippen molar-refractivity contribution < 1.29 is 14.3 Å². The zero-order chi connectivity index (χ0) is 26.4. The summed E-state index contributed by atoms with van der Waals surface area (Å²) in [7, 11) is 0. The molecule has 12 heteroatoms. The van der Waals surface area contributed by atoms with Crippen LogP contribution in [0, 0.1) is 6.92 Å². The number of carbonyl (C=O) groups excluding carboxylic acids is 1. The van der Waals surface area contributed by atoms with Crippen LogP contribution in [0.1, 0.15) is 37.8 Å². The molecule has 1 aliphatic rings. The molecule has 12 nitrogen and oxygen atoms in total. The summed E-state index contributed by atoms with van der Waals surface area (Å²) in [4.78, 5) is 27.1. The Bertz CT molecular complexity index is 1650. The standard InChI is InChI=1S/C26H27N9O3/c1-16-9-18(5-6-20(16)37-22-10-21-27-13-31-35(21)15-29-22)32-24-23-19(7-8-34(23)30-14-28-24)17-11-33(12-17)25(36)38-26(2,3)4/h5-10,13-15,17H,11-12H2,1-4H3,(H,28,30,32). The van der Waals surface area contributed by atoms with Crippen molar-refractivity contribution in [2.75, 3.05) is 18.4 Å². The number of likely N-dealkylation sites (tertiary alicyclic amines) is 1. The third-order valence-corrected chi connectivity index (χ3v) is 6.26. The van der Waals surface area contributed by atoms with Crippen LogP contribution in [0.15, 0.2) is 55.5 Å². The molecular weight excluding hydrogens is 486 g/mol. The van der Waals surface area contributed by atoms with Crippen molar-refractivity contribution >= 4 is 28.8 Å². The van der Waals surface area contributed by atoms with Gasteiger partial charge in [-0.1, -0.05) is 0 Å². The summed E-state index contributed by atoms with van der Waals surface area (Å²) < 4.78 is 14.9. The van der Waals surface area contributed by atoms with Crippen molar-refractivity contribution in [3.05, 3.63) is 66.6 Å². The Hall–Kier alpha value is -4.74. The van der Waals surface area contributed by atoms with E-state index in [1.165, 1.54) is 12.7 Å². The van der Waals surface area contributed by atoms with Crippen LogP contribution < -0.4 is 10.1 Å². The molecular formula is C26H27N9O3. The van der Waals surface area contributed by atoms with Gasteiger partial charge >= 0.3 is 6.09 Å². The second kappa shape index (κ2) is 8.98. The number of nitrogens with zero attached hydrogens (tertiary/aromatic N) is 8. The molecule has 1 amide bonds. The van der Waals surface area contributed by atoms with Crippen LogP contribution in [0.25, 0.3) is 11.2 Å². The number of anilines is 2. The van der Waals surface area contributed by atoms with Crippen molar-refractivity contribution in [1.82, 2.24) is 39.1 Å². The molecule has 1 N–H and O–H groups in total. The maximum Gasteiger partial charge on any atom is 0.410 e. The van der Waals surface area contributed by atoms with Crippen LogP contribution in [-0.4, -0.2) is 63.9 Å². The molecule has 4 aromatic heterocycles. The highest BCUT2D eigenvalue weighted by molar-refractivity contribution is 5.78. The van der Waals surface area contributed by atoms with E-state index < -0.39 is 5.60 Å². The number of ether oxygens (including phenoxy) is 2. The number of aromatic nitrogens is 7. The van der Waals surface area contributed by atoms with Crippen LogP contribution in [0.2, 0.25) is 0 Å². The number of hydrogen-bond acceptors (Lipinski definition) is 9. The first-order valence-corrected chi connectivity index (χ1v) is 12.2. The predicted molar refractivity (Wildman–Crippen MR) is 139 cm³/mol. The zero-order valence-electron chi connectivity index (χ0n) is 21.5. The van der Waals surface area contributed by atoms with E-state index in [2.05, 4.69) is 30.5 Å². The van der Waals surface area contributed by atoms with E-state index in [4.69, 9.17) is 9.47 Å². The average molecular weight is 514 g/mol. The van der Waals surface area contributed by atoms with E-state index in [0.717, 1.165) is 22.3 Å². The van der Waals surface area contributed by atoms with E-state index in [9.17, 15) is 4.79 Å². The highest BCUT2D eigenvalue weighted by Gasteiger charge is 2.36. The van der Waals surface area contributed by atoms with Crippen molar-refractivity contribution in [3.63, 3.8) is 0 Å². The van der Waals surface area contributed by atoms with Gasteiger partial charge in [0.1, 0.15) is 35.8 Å². The Morgan fingerprint density at radius 1 is 1.03 bits per heavy atom. The van der Waals surface area contributed by atoms with Gasteiger partial charge in [-0.3, -0.25) is 0 Å². The fourth-order valence-electron chi connectivity index (χ4n) is 4.41. The lowest BCUT2D eigenvalue weighted by atomic mass is 9.92. The van der Waals surface area contributed by atoms with Crippen LogP contribution in [0.4, 0.5) is 16.3 Å². The third kappa shape index (κ3) is 4.56. The molecule has 0 aliphatic carbocycles. The van der Waals surface area contributed by atoms with Crippen LogP contribution >= 0.6 is 0 Å². The lowest BCUT2D eigenvalue weighted by Gasteiger charge is -2.39. The van der Waals surface area contributed by atoms with E-state index in [1.54, 1.807) is 26.3 Å². The average Bonchev–Trinajstić information content (AvgIpc) is 3.46. The van der Waals surface area contributed by atoms with Gasteiger partial charge in [-0.15, -0.1) is 0 Å². The second-order valence-corrected chi connectivity index (χ2v) is 10.3. The van der Waals surface area contributed by atoms with Crippen LogP contribution in [0.3, 0.4) is 0 Å². The molecule has 0 unspecified atom stereocenters. The summed E-state index contributed by atoms with van der Waals surface area (Å²) in [5.41, 5.74) is 3.88. The van der Waals surface area contributed by atoms with Crippen molar-refractivity contribution in [2.45, 2.75) is 39.2 Å². The number of aryl methyl sites for hydroxylation is 1. The Kier molecular flexibility index (Phi) is 5.59. The van der Waals surface area contributed by atoms with Crippen molar-refractivity contribution in [2.24, 2.45) is 0 Å². The molecule has 1 aliphatic heterocycles. The molecule has 194 valence electrons.